The first-order chi connectivity index (χ1) is 6.84. The van der Waals surface area contributed by atoms with Gasteiger partial charge in [0.15, 0.2) is 0 Å². The van der Waals surface area contributed by atoms with Gasteiger partial charge < -0.3 is 0 Å². The first kappa shape index (κ1) is 9.43. The van der Waals surface area contributed by atoms with Crippen molar-refractivity contribution >= 4 is 19.2 Å². The van der Waals surface area contributed by atoms with Gasteiger partial charge in [-0.2, -0.15) is 0 Å². The summed E-state index contributed by atoms with van der Waals surface area (Å²) in [6, 6.07) is 19.3. The van der Waals surface area contributed by atoms with E-state index in [1.54, 1.807) is 0 Å². The zero-order valence-corrected chi connectivity index (χ0v) is 9.20. The number of benzene rings is 2. The molecule has 0 saturated carbocycles. The van der Waals surface area contributed by atoms with Crippen LogP contribution in [-0.2, 0) is 0 Å². The average molecular weight is 200 g/mol. The number of hydrogen-bond donors (Lipinski definition) is 0. The molecule has 1 atom stereocenters. The second-order valence-corrected chi connectivity index (χ2v) is 4.77. The van der Waals surface area contributed by atoms with Crippen LogP contribution in [0.5, 0.6) is 0 Å². The molecule has 14 heavy (non-hydrogen) atoms. The minimum absolute atomic E-state index is 0.773. The highest BCUT2D eigenvalue weighted by molar-refractivity contribution is 7.55. The fourth-order valence-electron chi connectivity index (χ4n) is 1.41. The third kappa shape index (κ3) is 2.43. The molecule has 2 aromatic rings. The monoisotopic (exact) mass is 200 g/mol. The third-order valence-corrected chi connectivity index (χ3v) is 3.30. The predicted molar refractivity (Wildman–Crippen MR) is 65.2 cm³/mol. The maximum atomic E-state index is 2.26. The van der Waals surface area contributed by atoms with E-state index in [0.29, 0.717) is 0 Å². The maximum Gasteiger partial charge on any atom is -0.0224 e. The van der Waals surface area contributed by atoms with Crippen LogP contribution in [0.2, 0.25) is 0 Å². The topological polar surface area (TPSA) is 0 Å². The molecular formula is C13H13P. The first-order valence-electron chi connectivity index (χ1n) is 4.73. The molecule has 0 aliphatic rings. The van der Waals surface area contributed by atoms with E-state index < -0.39 is 0 Å². The molecule has 1 unspecified atom stereocenters. The van der Waals surface area contributed by atoms with Crippen LogP contribution in [0.15, 0.2) is 54.6 Å². The van der Waals surface area contributed by atoms with Crippen LogP contribution in [-0.4, -0.2) is 0 Å². The van der Waals surface area contributed by atoms with Crippen molar-refractivity contribution in [3.63, 3.8) is 0 Å². The Morgan fingerprint density at radius 3 is 2.21 bits per heavy atom. The standard InChI is InChI=1S/C13H13P/c1-11-6-5-9-13(10-11)14-12-7-3-2-4-8-12/h2-10,14H,1H3. The molecule has 0 nitrogen and oxygen atoms in total. The Bertz CT molecular complexity index is 407. The predicted octanol–water partition coefficient (Wildman–Crippen LogP) is 2.62. The van der Waals surface area contributed by atoms with Crippen LogP contribution in [0.1, 0.15) is 5.56 Å². The second kappa shape index (κ2) is 4.39. The van der Waals surface area contributed by atoms with Crippen molar-refractivity contribution in [1.29, 1.82) is 0 Å². The second-order valence-electron chi connectivity index (χ2n) is 3.36. The molecule has 0 spiro atoms. The van der Waals surface area contributed by atoms with Crippen molar-refractivity contribution in [3.8, 4) is 0 Å². The van der Waals surface area contributed by atoms with Gasteiger partial charge in [-0.15, -0.1) is 0 Å². The third-order valence-electron chi connectivity index (χ3n) is 2.08. The maximum absolute atomic E-state index is 2.26. The highest BCUT2D eigenvalue weighted by Gasteiger charge is 1.94. The van der Waals surface area contributed by atoms with Crippen molar-refractivity contribution in [2.24, 2.45) is 0 Å². The van der Waals surface area contributed by atoms with Crippen LogP contribution in [0, 0.1) is 6.92 Å². The summed E-state index contributed by atoms with van der Waals surface area (Å²) in [7, 11) is 0.773. The van der Waals surface area contributed by atoms with E-state index >= 15 is 0 Å². The van der Waals surface area contributed by atoms with Crippen LogP contribution in [0.4, 0.5) is 0 Å². The van der Waals surface area contributed by atoms with E-state index in [2.05, 4.69) is 61.5 Å². The number of hydrogen-bond acceptors (Lipinski definition) is 0. The normalized spacial score (nSPS) is 10.9. The fourth-order valence-corrected chi connectivity index (χ4v) is 2.58. The number of aryl methyl sites for hydroxylation is 1. The molecule has 1 heteroatoms. The van der Waals surface area contributed by atoms with Crippen LogP contribution in [0.25, 0.3) is 0 Å². The van der Waals surface area contributed by atoms with Gasteiger partial charge in [0.05, 0.1) is 0 Å². The van der Waals surface area contributed by atoms with E-state index in [9.17, 15) is 0 Å². The lowest BCUT2D eigenvalue weighted by atomic mass is 10.2. The van der Waals surface area contributed by atoms with Gasteiger partial charge in [-0.25, -0.2) is 0 Å². The van der Waals surface area contributed by atoms with Gasteiger partial charge in [0.25, 0.3) is 0 Å². The molecule has 0 fully saturated rings. The number of rotatable bonds is 2. The molecule has 2 aromatic carbocycles. The summed E-state index contributed by atoms with van der Waals surface area (Å²) in [4.78, 5) is 0. The van der Waals surface area contributed by atoms with Gasteiger partial charge in [-0.05, 0) is 17.5 Å². The van der Waals surface area contributed by atoms with Gasteiger partial charge in [-0.3, -0.25) is 0 Å². The Kier molecular flexibility index (Phi) is 2.96. The first-order valence-corrected chi connectivity index (χ1v) is 5.73. The Morgan fingerprint density at radius 1 is 0.786 bits per heavy atom. The van der Waals surface area contributed by atoms with Crippen molar-refractivity contribution in [2.75, 3.05) is 0 Å². The Hall–Kier alpha value is -1.13. The summed E-state index contributed by atoms with van der Waals surface area (Å²) in [5.41, 5.74) is 1.34. The van der Waals surface area contributed by atoms with Crippen molar-refractivity contribution in [1.82, 2.24) is 0 Å². The Labute approximate surface area is 86.8 Å². The molecule has 0 radical (unpaired) electrons. The summed E-state index contributed by atoms with van der Waals surface area (Å²) in [5, 5.41) is 2.81. The van der Waals surface area contributed by atoms with Gasteiger partial charge >= 0.3 is 0 Å². The summed E-state index contributed by atoms with van der Waals surface area (Å²) < 4.78 is 0. The highest BCUT2D eigenvalue weighted by atomic mass is 31.1. The molecule has 2 rings (SSSR count). The summed E-state index contributed by atoms with van der Waals surface area (Å²) in [6.07, 6.45) is 0. The molecular weight excluding hydrogens is 187 g/mol. The van der Waals surface area contributed by atoms with E-state index in [1.807, 2.05) is 0 Å². The largest absolute Gasteiger partial charge is 0.0622 e. The lowest BCUT2D eigenvalue weighted by Crippen LogP contribution is -2.02. The molecule has 0 aliphatic carbocycles. The van der Waals surface area contributed by atoms with Crippen molar-refractivity contribution in [2.45, 2.75) is 6.92 Å². The molecule has 0 saturated heterocycles. The Morgan fingerprint density at radius 2 is 1.50 bits per heavy atom. The van der Waals surface area contributed by atoms with E-state index in [0.717, 1.165) is 8.58 Å². The molecule has 0 aliphatic heterocycles. The van der Waals surface area contributed by atoms with Crippen molar-refractivity contribution in [3.05, 3.63) is 60.2 Å². The van der Waals surface area contributed by atoms with Crippen LogP contribution >= 0.6 is 8.58 Å². The minimum atomic E-state index is 0.773. The lowest BCUT2D eigenvalue weighted by molar-refractivity contribution is 1.50. The SMILES string of the molecule is Cc1cccc(Pc2ccccc2)c1. The summed E-state index contributed by atoms with van der Waals surface area (Å²) in [6.45, 7) is 2.14. The summed E-state index contributed by atoms with van der Waals surface area (Å²) in [5.74, 6) is 0. The van der Waals surface area contributed by atoms with Gasteiger partial charge in [0, 0.05) is 0 Å². The molecule has 0 N–H and O–H groups in total. The molecule has 70 valence electrons. The smallest absolute Gasteiger partial charge is 0.0224 e. The molecule has 0 heterocycles. The zero-order chi connectivity index (χ0) is 9.80. The van der Waals surface area contributed by atoms with Crippen LogP contribution < -0.4 is 10.6 Å². The Balaban J connectivity index is 2.19. The van der Waals surface area contributed by atoms with E-state index in [1.165, 1.54) is 16.2 Å². The van der Waals surface area contributed by atoms with E-state index in [4.69, 9.17) is 0 Å². The molecule has 0 amide bonds. The van der Waals surface area contributed by atoms with Crippen molar-refractivity contribution < 1.29 is 0 Å². The highest BCUT2D eigenvalue weighted by Crippen LogP contribution is 2.10. The van der Waals surface area contributed by atoms with Gasteiger partial charge in [0.1, 0.15) is 0 Å². The average Bonchev–Trinajstić information content (AvgIpc) is 2.19. The molecule has 0 bridgehead atoms. The molecule has 0 aromatic heterocycles. The quantitative estimate of drug-likeness (QED) is 0.654. The van der Waals surface area contributed by atoms with Gasteiger partial charge in [-0.1, -0.05) is 68.7 Å². The van der Waals surface area contributed by atoms with Gasteiger partial charge in [0.2, 0.25) is 0 Å². The zero-order valence-electron chi connectivity index (χ0n) is 8.20. The van der Waals surface area contributed by atoms with E-state index in [-0.39, 0.29) is 0 Å². The fraction of sp³-hybridized carbons (Fsp3) is 0.0769. The summed E-state index contributed by atoms with van der Waals surface area (Å²) >= 11 is 0. The minimum Gasteiger partial charge on any atom is -0.0622 e. The van der Waals surface area contributed by atoms with Crippen LogP contribution in [0.3, 0.4) is 0 Å². The lowest BCUT2D eigenvalue weighted by Gasteiger charge is -2.02.